The van der Waals surface area contributed by atoms with Crippen LogP contribution in [0.15, 0.2) is 85.1 Å². The molecule has 0 spiro atoms. The summed E-state index contributed by atoms with van der Waals surface area (Å²) in [6, 6.07) is 0. The number of allylic oxidation sites excluding steroid dienone is 14. The maximum atomic E-state index is 12.9. The molecular formula is C73H128O6. The SMILES string of the molecule is CCC/C=C\C/C=C\CCCCCCCC(=O)OCC(COC(=O)CCCCCCCCCCCCCC/C=C\C/C=C\C/C=C\CCCCCCC)OC(=O)CCCCCCCCCCC/C=C\C/C=C\CCCCCCC. The Hall–Kier alpha value is -3.41. The van der Waals surface area contributed by atoms with E-state index >= 15 is 0 Å². The Labute approximate surface area is 490 Å². The van der Waals surface area contributed by atoms with E-state index < -0.39 is 6.10 Å². The summed E-state index contributed by atoms with van der Waals surface area (Å²) >= 11 is 0. The van der Waals surface area contributed by atoms with E-state index in [-0.39, 0.29) is 31.1 Å². The van der Waals surface area contributed by atoms with Crippen molar-refractivity contribution in [1.29, 1.82) is 0 Å². The lowest BCUT2D eigenvalue weighted by Gasteiger charge is -2.18. The molecule has 1 unspecified atom stereocenters. The number of unbranched alkanes of at least 4 members (excludes halogenated alkanes) is 37. The van der Waals surface area contributed by atoms with Gasteiger partial charge in [-0.2, -0.15) is 0 Å². The van der Waals surface area contributed by atoms with Crippen LogP contribution in [0.2, 0.25) is 0 Å². The Morgan fingerprint density at radius 2 is 0.481 bits per heavy atom. The highest BCUT2D eigenvalue weighted by molar-refractivity contribution is 5.71. The van der Waals surface area contributed by atoms with Crippen LogP contribution in [0.1, 0.15) is 342 Å². The molecule has 0 bridgehead atoms. The Bertz CT molecular complexity index is 1500. The maximum absolute atomic E-state index is 12.9. The molecule has 1 atom stereocenters. The summed E-state index contributed by atoms with van der Waals surface area (Å²) in [7, 11) is 0. The standard InChI is InChI=1S/C73H128O6/c1-4-7-10-13-16-19-22-25-27-29-31-33-34-35-36-37-38-40-41-43-45-48-51-54-57-60-63-66-72(75)78-69-70(68-77-71(74)65-62-59-56-53-50-47-24-21-18-15-12-9-6-3)79-73(76)67-64-61-58-55-52-49-46-44-42-39-32-30-28-26-23-20-17-14-11-8-5-2/h12,15,21-26,29-32,34-35,70H,4-11,13-14,16-20,27-28,33,36-69H2,1-3H3/b15-12-,24-21-,25-22-,26-23-,31-29-,32-30-,35-34-. The first kappa shape index (κ1) is 75.6. The second-order valence-corrected chi connectivity index (χ2v) is 22.7. The zero-order valence-corrected chi connectivity index (χ0v) is 52.4. The molecule has 0 aliphatic heterocycles. The van der Waals surface area contributed by atoms with Crippen molar-refractivity contribution in [2.24, 2.45) is 0 Å². The molecule has 0 heterocycles. The van der Waals surface area contributed by atoms with E-state index in [0.717, 1.165) is 103 Å². The smallest absolute Gasteiger partial charge is 0.306 e. The fraction of sp³-hybridized carbons (Fsp3) is 0.767. The highest BCUT2D eigenvalue weighted by atomic mass is 16.6. The quantitative estimate of drug-likeness (QED) is 0.0261. The third-order valence-corrected chi connectivity index (χ3v) is 14.8. The molecular weight excluding hydrogens is 973 g/mol. The zero-order valence-electron chi connectivity index (χ0n) is 52.4. The Morgan fingerprint density at radius 1 is 0.253 bits per heavy atom. The minimum Gasteiger partial charge on any atom is -0.462 e. The van der Waals surface area contributed by atoms with Gasteiger partial charge in [0.1, 0.15) is 13.2 Å². The van der Waals surface area contributed by atoms with Crippen molar-refractivity contribution >= 4 is 17.9 Å². The van der Waals surface area contributed by atoms with Gasteiger partial charge in [0.25, 0.3) is 0 Å². The van der Waals surface area contributed by atoms with Gasteiger partial charge in [-0.3, -0.25) is 14.4 Å². The van der Waals surface area contributed by atoms with Crippen molar-refractivity contribution in [3.05, 3.63) is 85.1 Å². The topological polar surface area (TPSA) is 78.9 Å². The van der Waals surface area contributed by atoms with E-state index in [1.54, 1.807) is 0 Å². The van der Waals surface area contributed by atoms with Gasteiger partial charge in [0, 0.05) is 19.3 Å². The number of carbonyl (C=O) groups excluding carboxylic acids is 3. The Kier molecular flexibility index (Phi) is 64.2. The summed E-state index contributed by atoms with van der Waals surface area (Å²) in [5, 5.41) is 0. The first-order valence-corrected chi connectivity index (χ1v) is 34.1. The highest BCUT2D eigenvalue weighted by Gasteiger charge is 2.19. The van der Waals surface area contributed by atoms with Crippen LogP contribution in [0.4, 0.5) is 0 Å². The van der Waals surface area contributed by atoms with E-state index in [4.69, 9.17) is 14.2 Å². The summed E-state index contributed by atoms with van der Waals surface area (Å²) in [5.74, 6) is -0.889. The number of hydrogen-bond donors (Lipinski definition) is 0. The lowest BCUT2D eigenvalue weighted by Crippen LogP contribution is -2.30. The van der Waals surface area contributed by atoms with Crippen molar-refractivity contribution in [3.63, 3.8) is 0 Å². The molecule has 0 fully saturated rings. The predicted molar refractivity (Wildman–Crippen MR) is 344 cm³/mol. The van der Waals surface area contributed by atoms with Crippen molar-refractivity contribution in [2.75, 3.05) is 13.2 Å². The van der Waals surface area contributed by atoms with E-state index in [1.807, 2.05) is 0 Å². The third-order valence-electron chi connectivity index (χ3n) is 14.8. The summed E-state index contributed by atoms with van der Waals surface area (Å²) in [6.45, 7) is 6.57. The average molecular weight is 1100 g/mol. The van der Waals surface area contributed by atoms with Crippen molar-refractivity contribution in [2.45, 2.75) is 348 Å². The zero-order chi connectivity index (χ0) is 57.1. The fourth-order valence-corrected chi connectivity index (χ4v) is 9.70. The summed E-state index contributed by atoms with van der Waals surface area (Å²) in [4.78, 5) is 38.4. The number of carbonyl (C=O) groups is 3. The molecule has 0 N–H and O–H groups in total. The number of ether oxygens (including phenoxy) is 3. The molecule has 6 nitrogen and oxygen atoms in total. The number of rotatable bonds is 62. The normalized spacial score (nSPS) is 12.6. The molecule has 0 aliphatic rings. The monoisotopic (exact) mass is 1100 g/mol. The van der Waals surface area contributed by atoms with Gasteiger partial charge in [-0.25, -0.2) is 0 Å². The van der Waals surface area contributed by atoms with Gasteiger partial charge in [0.15, 0.2) is 6.10 Å². The van der Waals surface area contributed by atoms with E-state index in [2.05, 4.69) is 106 Å². The molecule has 0 aromatic rings. The van der Waals surface area contributed by atoms with Gasteiger partial charge in [-0.05, 0) is 116 Å². The van der Waals surface area contributed by atoms with Gasteiger partial charge in [-0.1, -0.05) is 292 Å². The van der Waals surface area contributed by atoms with Crippen LogP contribution in [-0.2, 0) is 28.6 Å². The van der Waals surface area contributed by atoms with Crippen LogP contribution in [0.3, 0.4) is 0 Å². The minimum atomic E-state index is -0.787. The number of hydrogen-bond acceptors (Lipinski definition) is 6. The van der Waals surface area contributed by atoms with Crippen LogP contribution in [-0.4, -0.2) is 37.2 Å². The molecule has 456 valence electrons. The van der Waals surface area contributed by atoms with Crippen molar-refractivity contribution < 1.29 is 28.6 Å². The average Bonchev–Trinajstić information content (AvgIpc) is 3.45. The molecule has 0 saturated heterocycles. The molecule has 0 radical (unpaired) electrons. The van der Waals surface area contributed by atoms with Crippen molar-refractivity contribution in [1.82, 2.24) is 0 Å². The van der Waals surface area contributed by atoms with E-state index in [1.165, 1.54) is 199 Å². The largest absolute Gasteiger partial charge is 0.462 e. The first-order valence-electron chi connectivity index (χ1n) is 34.1. The Balaban J connectivity index is 4.29. The van der Waals surface area contributed by atoms with Gasteiger partial charge < -0.3 is 14.2 Å². The summed E-state index contributed by atoms with van der Waals surface area (Å²) < 4.78 is 16.9. The van der Waals surface area contributed by atoms with Gasteiger partial charge in [-0.15, -0.1) is 0 Å². The third kappa shape index (κ3) is 65.3. The van der Waals surface area contributed by atoms with Crippen LogP contribution >= 0.6 is 0 Å². The number of esters is 3. The summed E-state index contributed by atoms with van der Waals surface area (Å²) in [6.07, 6.45) is 88.8. The van der Waals surface area contributed by atoms with Crippen LogP contribution in [0, 0.1) is 0 Å². The van der Waals surface area contributed by atoms with Crippen LogP contribution in [0.5, 0.6) is 0 Å². The lowest BCUT2D eigenvalue weighted by atomic mass is 10.0. The lowest BCUT2D eigenvalue weighted by molar-refractivity contribution is -0.167. The van der Waals surface area contributed by atoms with E-state index in [9.17, 15) is 14.4 Å². The minimum absolute atomic E-state index is 0.0824. The molecule has 0 aromatic carbocycles. The second kappa shape index (κ2) is 67.1. The highest BCUT2D eigenvalue weighted by Crippen LogP contribution is 2.17. The Morgan fingerprint density at radius 3 is 0.759 bits per heavy atom. The van der Waals surface area contributed by atoms with E-state index in [0.29, 0.717) is 19.3 Å². The molecule has 6 heteroatoms. The molecule has 0 amide bonds. The van der Waals surface area contributed by atoms with Crippen LogP contribution < -0.4 is 0 Å². The van der Waals surface area contributed by atoms with Gasteiger partial charge in [0.05, 0.1) is 0 Å². The second-order valence-electron chi connectivity index (χ2n) is 22.7. The maximum Gasteiger partial charge on any atom is 0.306 e. The molecule has 0 rings (SSSR count). The molecule has 79 heavy (non-hydrogen) atoms. The summed E-state index contributed by atoms with van der Waals surface area (Å²) in [5.41, 5.74) is 0. The van der Waals surface area contributed by atoms with Crippen molar-refractivity contribution in [3.8, 4) is 0 Å². The van der Waals surface area contributed by atoms with Crippen LogP contribution in [0.25, 0.3) is 0 Å². The first-order chi connectivity index (χ1) is 39.0. The van der Waals surface area contributed by atoms with Gasteiger partial charge >= 0.3 is 17.9 Å². The molecule has 0 aromatic heterocycles. The molecule has 0 saturated carbocycles. The fourth-order valence-electron chi connectivity index (χ4n) is 9.70. The van der Waals surface area contributed by atoms with Gasteiger partial charge in [0.2, 0.25) is 0 Å². The molecule has 0 aliphatic carbocycles. The predicted octanol–water partition coefficient (Wildman–Crippen LogP) is 23.4.